The van der Waals surface area contributed by atoms with Gasteiger partial charge in [0.1, 0.15) is 0 Å². The minimum atomic E-state index is -0.405. The number of nitrogens with one attached hydrogen (secondary N) is 1. The van der Waals surface area contributed by atoms with Crippen LogP contribution in [-0.4, -0.2) is 12.6 Å². The Morgan fingerprint density at radius 2 is 1.80 bits per heavy atom. The number of carbonyl (C=O) groups is 1. The van der Waals surface area contributed by atoms with E-state index in [1.54, 1.807) is 12.1 Å². The number of anilines is 1. The third kappa shape index (κ3) is 3.89. The summed E-state index contributed by atoms with van der Waals surface area (Å²) in [4.78, 5) is 11.6. The second kappa shape index (κ2) is 7.01. The predicted molar refractivity (Wildman–Crippen MR) is 79.3 cm³/mol. The third-order valence-corrected chi connectivity index (χ3v) is 2.75. The van der Waals surface area contributed by atoms with E-state index < -0.39 is 5.97 Å². The van der Waals surface area contributed by atoms with Crippen LogP contribution in [-0.2, 0) is 11.3 Å². The molecule has 0 aliphatic heterocycles. The number of hydrogen-bond donors (Lipinski definition) is 1. The first-order valence-electron chi connectivity index (χ1n) is 6.28. The van der Waals surface area contributed by atoms with Crippen molar-refractivity contribution in [2.75, 3.05) is 11.9 Å². The van der Waals surface area contributed by atoms with E-state index in [1.165, 1.54) is 5.56 Å². The van der Waals surface area contributed by atoms with E-state index in [0.29, 0.717) is 5.56 Å². The minimum Gasteiger partial charge on any atom is -0.449 e. The summed E-state index contributed by atoms with van der Waals surface area (Å²) in [7, 11) is 0. The van der Waals surface area contributed by atoms with Crippen LogP contribution < -0.4 is 5.32 Å². The zero-order valence-corrected chi connectivity index (χ0v) is 11.0. The first-order valence-corrected chi connectivity index (χ1v) is 6.28. The minimum absolute atomic E-state index is 0.00710. The normalized spacial score (nSPS) is 9.55. The van der Waals surface area contributed by atoms with Crippen molar-refractivity contribution in [3.05, 3.63) is 65.7 Å². The van der Waals surface area contributed by atoms with E-state index in [1.807, 2.05) is 30.3 Å². The highest BCUT2D eigenvalue weighted by atomic mass is 16.5. The predicted octanol–water partition coefficient (Wildman–Crippen LogP) is 3.09. The molecule has 0 aromatic heterocycles. The Labute approximate surface area is 118 Å². The summed E-state index contributed by atoms with van der Waals surface area (Å²) in [5.41, 5.74) is 2.64. The van der Waals surface area contributed by atoms with Gasteiger partial charge in [-0.05, 0) is 29.8 Å². The summed E-state index contributed by atoms with van der Waals surface area (Å²) in [5, 5.41) is 3.29. The van der Waals surface area contributed by atoms with Gasteiger partial charge in [-0.15, -0.1) is 6.42 Å². The van der Waals surface area contributed by atoms with Crippen molar-refractivity contribution in [1.29, 1.82) is 0 Å². The van der Waals surface area contributed by atoms with E-state index >= 15 is 0 Å². The highest BCUT2D eigenvalue weighted by molar-refractivity contribution is 5.89. The van der Waals surface area contributed by atoms with Gasteiger partial charge in [0.05, 0.1) is 5.56 Å². The molecule has 0 fully saturated rings. The lowest BCUT2D eigenvalue weighted by molar-refractivity contribution is 0.0557. The molecule has 0 atom stereocenters. The molecule has 1 N–H and O–H groups in total. The molecule has 20 heavy (non-hydrogen) atoms. The maximum atomic E-state index is 11.6. The van der Waals surface area contributed by atoms with Gasteiger partial charge in [0.15, 0.2) is 6.61 Å². The fourth-order valence-electron chi connectivity index (χ4n) is 1.71. The van der Waals surface area contributed by atoms with Crippen LogP contribution in [0.25, 0.3) is 0 Å². The number of rotatable bonds is 5. The van der Waals surface area contributed by atoms with Crippen LogP contribution >= 0.6 is 0 Å². The van der Waals surface area contributed by atoms with Gasteiger partial charge in [-0.1, -0.05) is 36.3 Å². The van der Waals surface area contributed by atoms with Crippen LogP contribution in [0.2, 0.25) is 0 Å². The SMILES string of the molecule is C#CCOC(=O)c1ccc(NCc2ccccc2)cc1. The van der Waals surface area contributed by atoms with Gasteiger partial charge < -0.3 is 10.1 Å². The molecule has 0 aliphatic rings. The summed E-state index contributed by atoms with van der Waals surface area (Å²) in [6.07, 6.45) is 5.04. The molecule has 3 nitrogen and oxygen atoms in total. The van der Waals surface area contributed by atoms with Crippen LogP contribution in [0.4, 0.5) is 5.69 Å². The van der Waals surface area contributed by atoms with Crippen molar-refractivity contribution in [3.63, 3.8) is 0 Å². The molecule has 0 bridgehead atoms. The summed E-state index contributed by atoms with van der Waals surface area (Å²) in [6, 6.07) is 17.2. The van der Waals surface area contributed by atoms with Crippen LogP contribution in [0.5, 0.6) is 0 Å². The van der Waals surface area contributed by atoms with E-state index in [2.05, 4.69) is 23.4 Å². The Hall–Kier alpha value is -2.73. The van der Waals surface area contributed by atoms with E-state index in [9.17, 15) is 4.79 Å². The van der Waals surface area contributed by atoms with Crippen LogP contribution in [0.1, 0.15) is 15.9 Å². The molecule has 0 radical (unpaired) electrons. The van der Waals surface area contributed by atoms with Gasteiger partial charge in [-0.2, -0.15) is 0 Å². The lowest BCUT2D eigenvalue weighted by Crippen LogP contribution is -2.05. The first kappa shape index (κ1) is 13.7. The largest absolute Gasteiger partial charge is 0.449 e. The summed E-state index contributed by atoms with van der Waals surface area (Å²) in [5.74, 6) is 1.86. The van der Waals surface area contributed by atoms with Gasteiger partial charge in [0.2, 0.25) is 0 Å². The molecule has 0 unspecified atom stereocenters. The molecular weight excluding hydrogens is 250 g/mol. The number of terminal acetylenes is 1. The van der Waals surface area contributed by atoms with Crippen LogP contribution in [0.15, 0.2) is 54.6 Å². The summed E-state index contributed by atoms with van der Waals surface area (Å²) < 4.78 is 4.85. The van der Waals surface area contributed by atoms with Gasteiger partial charge in [0, 0.05) is 12.2 Å². The molecule has 100 valence electrons. The molecule has 0 amide bonds. The lowest BCUT2D eigenvalue weighted by Gasteiger charge is -2.07. The molecule has 0 aliphatic carbocycles. The van der Waals surface area contributed by atoms with Crippen molar-refractivity contribution in [2.45, 2.75) is 6.54 Å². The average Bonchev–Trinajstić information content (AvgIpc) is 2.52. The molecule has 0 saturated heterocycles. The smallest absolute Gasteiger partial charge is 0.339 e. The van der Waals surface area contributed by atoms with Gasteiger partial charge in [-0.3, -0.25) is 0 Å². The van der Waals surface area contributed by atoms with Crippen LogP contribution in [0.3, 0.4) is 0 Å². The zero-order chi connectivity index (χ0) is 14.2. The monoisotopic (exact) mass is 265 g/mol. The van der Waals surface area contributed by atoms with Crippen molar-refractivity contribution in [2.24, 2.45) is 0 Å². The molecule has 2 aromatic carbocycles. The summed E-state index contributed by atoms with van der Waals surface area (Å²) in [6.45, 7) is 0.731. The molecule has 0 heterocycles. The Bertz CT molecular complexity index is 597. The molecule has 0 spiro atoms. The highest BCUT2D eigenvalue weighted by Crippen LogP contribution is 2.12. The van der Waals surface area contributed by atoms with Crippen molar-refractivity contribution in [3.8, 4) is 12.3 Å². The van der Waals surface area contributed by atoms with Crippen molar-refractivity contribution in [1.82, 2.24) is 0 Å². The number of esters is 1. The molecular formula is C17H15NO2. The quantitative estimate of drug-likeness (QED) is 0.667. The molecule has 2 rings (SSSR count). The number of carbonyl (C=O) groups excluding carboxylic acids is 1. The Morgan fingerprint density at radius 1 is 1.10 bits per heavy atom. The zero-order valence-electron chi connectivity index (χ0n) is 11.0. The topological polar surface area (TPSA) is 38.3 Å². The maximum absolute atomic E-state index is 11.6. The fourth-order valence-corrected chi connectivity index (χ4v) is 1.71. The average molecular weight is 265 g/mol. The summed E-state index contributed by atoms with van der Waals surface area (Å²) >= 11 is 0. The first-order chi connectivity index (χ1) is 9.79. The van der Waals surface area contributed by atoms with Gasteiger partial charge in [-0.25, -0.2) is 4.79 Å². The number of ether oxygens (including phenoxy) is 1. The fraction of sp³-hybridized carbons (Fsp3) is 0.118. The van der Waals surface area contributed by atoms with Crippen molar-refractivity contribution < 1.29 is 9.53 Å². The van der Waals surface area contributed by atoms with E-state index in [0.717, 1.165) is 12.2 Å². The Balaban J connectivity index is 1.92. The van der Waals surface area contributed by atoms with Gasteiger partial charge in [0.25, 0.3) is 0 Å². The van der Waals surface area contributed by atoms with Crippen molar-refractivity contribution >= 4 is 11.7 Å². The number of hydrogen-bond acceptors (Lipinski definition) is 3. The van der Waals surface area contributed by atoms with E-state index in [-0.39, 0.29) is 6.61 Å². The molecule has 3 heteroatoms. The maximum Gasteiger partial charge on any atom is 0.339 e. The van der Waals surface area contributed by atoms with E-state index in [4.69, 9.17) is 11.2 Å². The lowest BCUT2D eigenvalue weighted by atomic mass is 10.2. The second-order valence-corrected chi connectivity index (χ2v) is 4.20. The Kier molecular flexibility index (Phi) is 4.80. The molecule has 2 aromatic rings. The molecule has 0 saturated carbocycles. The highest BCUT2D eigenvalue weighted by Gasteiger charge is 2.05. The third-order valence-electron chi connectivity index (χ3n) is 2.75. The standard InChI is InChI=1S/C17H15NO2/c1-2-12-20-17(19)15-8-10-16(11-9-15)18-13-14-6-4-3-5-7-14/h1,3-11,18H,12-13H2. The number of benzene rings is 2. The van der Waals surface area contributed by atoms with Gasteiger partial charge >= 0.3 is 5.97 Å². The second-order valence-electron chi connectivity index (χ2n) is 4.20. The van der Waals surface area contributed by atoms with Crippen LogP contribution in [0, 0.1) is 12.3 Å². The Morgan fingerprint density at radius 3 is 2.45 bits per heavy atom.